The number of rotatable bonds is 4. The largest absolute Gasteiger partial charge is 0.494 e. The molecule has 21 heavy (non-hydrogen) atoms. The van der Waals surface area contributed by atoms with Gasteiger partial charge >= 0.3 is 0 Å². The van der Waals surface area contributed by atoms with E-state index in [0.717, 1.165) is 28.6 Å². The number of aromatic nitrogens is 1. The zero-order valence-electron chi connectivity index (χ0n) is 11.8. The number of nitrogens with zero attached hydrogens (tertiary/aromatic N) is 1. The molecule has 0 radical (unpaired) electrons. The van der Waals surface area contributed by atoms with E-state index in [1.54, 1.807) is 7.11 Å². The first kappa shape index (κ1) is 13.4. The number of fused-ring (bicyclic) bond motifs is 1. The van der Waals surface area contributed by atoms with Gasteiger partial charge in [-0.05, 0) is 17.7 Å². The topological polar surface area (TPSA) is 60.2 Å². The minimum Gasteiger partial charge on any atom is -0.494 e. The smallest absolute Gasteiger partial charge is 0.145 e. The molecule has 3 N–H and O–H groups in total. The summed E-state index contributed by atoms with van der Waals surface area (Å²) in [5, 5.41) is 1.04. The van der Waals surface area contributed by atoms with Gasteiger partial charge in [-0.2, -0.15) is 0 Å². The molecule has 1 heterocycles. The summed E-state index contributed by atoms with van der Waals surface area (Å²) in [6.45, 7) is 0. The molecule has 0 unspecified atom stereocenters. The molecule has 0 aliphatic rings. The van der Waals surface area contributed by atoms with Crippen molar-refractivity contribution in [3.8, 4) is 5.75 Å². The minimum atomic E-state index is 0.677. The molecule has 1 aromatic heterocycles. The van der Waals surface area contributed by atoms with E-state index >= 15 is 0 Å². The Morgan fingerprint density at radius 1 is 1.10 bits per heavy atom. The first-order valence-electron chi connectivity index (χ1n) is 6.79. The van der Waals surface area contributed by atoms with Crippen LogP contribution in [0, 0.1) is 0 Å². The molecule has 0 aliphatic heterocycles. The van der Waals surface area contributed by atoms with Gasteiger partial charge in [-0.1, -0.05) is 42.5 Å². The highest BCUT2D eigenvalue weighted by Gasteiger charge is 2.10. The molecule has 0 atom stereocenters. The maximum atomic E-state index is 5.63. The molecule has 3 rings (SSSR count). The lowest BCUT2D eigenvalue weighted by Gasteiger charge is -2.12. The number of nitrogens with two attached hydrogens (primary N) is 1. The van der Waals surface area contributed by atoms with Crippen LogP contribution in [0.1, 0.15) is 11.1 Å². The average Bonchev–Trinajstić information content (AvgIpc) is 2.54. The number of nitrogen functional groups attached to an aromatic ring is 1. The maximum Gasteiger partial charge on any atom is 0.145 e. The van der Waals surface area contributed by atoms with E-state index in [2.05, 4.69) is 28.6 Å². The van der Waals surface area contributed by atoms with Crippen molar-refractivity contribution >= 4 is 16.7 Å². The molecule has 4 nitrogen and oxygen atoms in total. The first-order valence-corrected chi connectivity index (χ1v) is 6.79. The van der Waals surface area contributed by atoms with Crippen LogP contribution in [0.4, 0.5) is 5.82 Å². The van der Waals surface area contributed by atoms with Crippen LogP contribution in [0.5, 0.6) is 5.75 Å². The summed E-state index contributed by atoms with van der Waals surface area (Å²) < 4.78 is 5.35. The van der Waals surface area contributed by atoms with Gasteiger partial charge in [0.15, 0.2) is 0 Å². The van der Waals surface area contributed by atoms with Gasteiger partial charge in [-0.25, -0.2) is 10.8 Å². The van der Waals surface area contributed by atoms with Gasteiger partial charge in [-0.3, -0.25) is 0 Å². The Hall–Kier alpha value is -2.59. The molecule has 0 saturated heterocycles. The normalized spacial score (nSPS) is 10.6. The van der Waals surface area contributed by atoms with Gasteiger partial charge in [0.05, 0.1) is 7.11 Å². The predicted octanol–water partition coefficient (Wildman–Crippen LogP) is 3.12. The van der Waals surface area contributed by atoms with Gasteiger partial charge in [-0.15, -0.1) is 0 Å². The van der Waals surface area contributed by atoms with E-state index in [-0.39, 0.29) is 0 Å². The Labute approximate surface area is 123 Å². The second-order valence-electron chi connectivity index (χ2n) is 4.83. The van der Waals surface area contributed by atoms with Gasteiger partial charge < -0.3 is 10.2 Å². The highest BCUT2D eigenvalue weighted by molar-refractivity contribution is 5.87. The number of nitrogens with one attached hydrogen (secondary N) is 1. The summed E-state index contributed by atoms with van der Waals surface area (Å²) in [5.74, 6) is 7.06. The number of para-hydroxylation sites is 1. The molecular weight excluding hydrogens is 262 g/mol. The third-order valence-electron chi connectivity index (χ3n) is 3.48. The SMILES string of the molecule is COc1cccc2cc(Cc3ccccc3)c(NN)nc12. The fourth-order valence-corrected chi connectivity index (χ4v) is 2.46. The number of benzene rings is 2. The third kappa shape index (κ3) is 2.66. The van der Waals surface area contributed by atoms with Gasteiger partial charge in [0.2, 0.25) is 0 Å². The summed E-state index contributed by atoms with van der Waals surface area (Å²) in [5.41, 5.74) is 5.78. The van der Waals surface area contributed by atoms with Crippen molar-refractivity contribution in [1.82, 2.24) is 4.98 Å². The third-order valence-corrected chi connectivity index (χ3v) is 3.48. The lowest BCUT2D eigenvalue weighted by molar-refractivity contribution is 0.419. The summed E-state index contributed by atoms with van der Waals surface area (Å²) in [4.78, 5) is 4.60. The number of ether oxygens (including phenoxy) is 1. The van der Waals surface area contributed by atoms with Crippen LogP contribution < -0.4 is 16.0 Å². The van der Waals surface area contributed by atoms with Crippen LogP contribution in [-0.2, 0) is 6.42 Å². The first-order chi connectivity index (χ1) is 10.3. The van der Waals surface area contributed by atoms with E-state index in [9.17, 15) is 0 Å². The molecule has 0 spiro atoms. The molecule has 0 saturated carbocycles. The van der Waals surface area contributed by atoms with Crippen LogP contribution in [0.15, 0.2) is 54.6 Å². The van der Waals surface area contributed by atoms with E-state index in [0.29, 0.717) is 5.82 Å². The summed E-state index contributed by atoms with van der Waals surface area (Å²) in [6.07, 6.45) is 0.778. The Kier molecular flexibility index (Phi) is 3.71. The zero-order chi connectivity index (χ0) is 14.7. The Morgan fingerprint density at radius 3 is 2.62 bits per heavy atom. The lowest BCUT2D eigenvalue weighted by Crippen LogP contribution is -2.11. The lowest BCUT2D eigenvalue weighted by atomic mass is 10.0. The number of pyridine rings is 1. The summed E-state index contributed by atoms with van der Waals surface area (Å²) >= 11 is 0. The fraction of sp³-hybridized carbons (Fsp3) is 0.118. The van der Waals surface area contributed by atoms with Crippen LogP contribution in [0.25, 0.3) is 10.9 Å². The molecule has 4 heteroatoms. The molecule has 0 aliphatic carbocycles. The van der Waals surface area contributed by atoms with Crippen molar-refractivity contribution in [2.75, 3.05) is 12.5 Å². The molecule has 0 bridgehead atoms. The summed E-state index contributed by atoms with van der Waals surface area (Å²) in [7, 11) is 1.64. The fourth-order valence-electron chi connectivity index (χ4n) is 2.46. The molecule has 2 aromatic carbocycles. The van der Waals surface area contributed by atoms with E-state index in [4.69, 9.17) is 10.6 Å². The van der Waals surface area contributed by atoms with Crippen LogP contribution in [-0.4, -0.2) is 12.1 Å². The van der Waals surface area contributed by atoms with E-state index in [1.807, 2.05) is 36.4 Å². The van der Waals surface area contributed by atoms with Crippen molar-refractivity contribution in [2.45, 2.75) is 6.42 Å². The standard InChI is InChI=1S/C17H17N3O/c1-21-15-9-5-8-13-11-14(17(20-18)19-16(13)15)10-12-6-3-2-4-7-12/h2-9,11H,10,18H2,1H3,(H,19,20). The number of methoxy groups -OCH3 is 1. The van der Waals surface area contributed by atoms with Gasteiger partial charge in [0, 0.05) is 17.4 Å². The number of hydrazine groups is 1. The van der Waals surface area contributed by atoms with Crippen LogP contribution >= 0.6 is 0 Å². The predicted molar refractivity (Wildman–Crippen MR) is 85.4 cm³/mol. The monoisotopic (exact) mass is 279 g/mol. The Bertz CT molecular complexity index is 757. The Balaban J connectivity index is 2.10. The van der Waals surface area contributed by atoms with Crippen molar-refractivity contribution in [2.24, 2.45) is 5.84 Å². The van der Waals surface area contributed by atoms with Crippen molar-refractivity contribution in [3.63, 3.8) is 0 Å². The highest BCUT2D eigenvalue weighted by atomic mass is 16.5. The number of anilines is 1. The molecular formula is C17H17N3O. The van der Waals surface area contributed by atoms with Crippen molar-refractivity contribution in [1.29, 1.82) is 0 Å². The van der Waals surface area contributed by atoms with Crippen LogP contribution in [0.2, 0.25) is 0 Å². The zero-order valence-corrected chi connectivity index (χ0v) is 11.8. The van der Waals surface area contributed by atoms with Crippen molar-refractivity contribution in [3.05, 3.63) is 65.7 Å². The average molecular weight is 279 g/mol. The van der Waals surface area contributed by atoms with Crippen molar-refractivity contribution < 1.29 is 4.74 Å². The highest BCUT2D eigenvalue weighted by Crippen LogP contribution is 2.28. The summed E-state index contributed by atoms with van der Waals surface area (Å²) in [6, 6.07) is 18.2. The molecule has 3 aromatic rings. The second-order valence-corrected chi connectivity index (χ2v) is 4.83. The number of hydrogen-bond donors (Lipinski definition) is 2. The number of hydrogen-bond acceptors (Lipinski definition) is 4. The quantitative estimate of drug-likeness (QED) is 0.569. The maximum absolute atomic E-state index is 5.63. The molecule has 0 fully saturated rings. The van der Waals surface area contributed by atoms with Crippen LogP contribution in [0.3, 0.4) is 0 Å². The van der Waals surface area contributed by atoms with Gasteiger partial charge in [0.25, 0.3) is 0 Å². The molecule has 106 valence electrons. The van der Waals surface area contributed by atoms with E-state index < -0.39 is 0 Å². The Morgan fingerprint density at radius 2 is 1.90 bits per heavy atom. The second kappa shape index (κ2) is 5.81. The van der Waals surface area contributed by atoms with E-state index in [1.165, 1.54) is 5.56 Å². The minimum absolute atomic E-state index is 0.677. The molecule has 0 amide bonds. The van der Waals surface area contributed by atoms with Gasteiger partial charge in [0.1, 0.15) is 17.1 Å².